The summed E-state index contributed by atoms with van der Waals surface area (Å²) in [5.74, 6) is 5.78. The maximum atomic E-state index is 5.78. The molecule has 0 bridgehead atoms. The Bertz CT molecular complexity index is 570. The average molecular weight is 380 g/mol. The Hall–Kier alpha value is -0.910. The van der Waals surface area contributed by atoms with Gasteiger partial charge in [0.2, 0.25) is 0 Å². The molecular formula is C17H21IN2. The first-order valence-electron chi connectivity index (χ1n) is 6.74. The molecule has 0 aliphatic rings. The van der Waals surface area contributed by atoms with E-state index in [4.69, 9.17) is 5.84 Å². The van der Waals surface area contributed by atoms with Gasteiger partial charge in [-0.25, -0.2) is 5.43 Å². The Kier molecular flexibility index (Phi) is 4.83. The van der Waals surface area contributed by atoms with Crippen molar-refractivity contribution in [2.75, 3.05) is 0 Å². The lowest BCUT2D eigenvalue weighted by Gasteiger charge is -2.22. The Morgan fingerprint density at radius 1 is 1.00 bits per heavy atom. The molecule has 2 aromatic carbocycles. The van der Waals surface area contributed by atoms with Crippen molar-refractivity contribution in [3.05, 3.63) is 68.8 Å². The molecule has 3 N–H and O–H groups in total. The first-order chi connectivity index (χ1) is 9.43. The third-order valence-corrected chi connectivity index (χ3v) is 4.48. The van der Waals surface area contributed by atoms with Crippen molar-refractivity contribution in [2.45, 2.75) is 32.2 Å². The Balaban J connectivity index is 2.36. The highest BCUT2D eigenvalue weighted by Gasteiger charge is 2.17. The van der Waals surface area contributed by atoms with Crippen LogP contribution in [-0.4, -0.2) is 0 Å². The van der Waals surface area contributed by atoms with Gasteiger partial charge in [0.25, 0.3) is 0 Å². The maximum absolute atomic E-state index is 5.78. The van der Waals surface area contributed by atoms with Gasteiger partial charge in [0, 0.05) is 3.57 Å². The number of hydrogen-bond donors (Lipinski definition) is 2. The SMILES string of the molecule is CC(C)(C)c1ccc(C(NN)c2ccccc2I)cc1. The van der Waals surface area contributed by atoms with Crippen molar-refractivity contribution in [3.8, 4) is 0 Å². The normalized spacial score (nSPS) is 13.2. The van der Waals surface area contributed by atoms with Crippen LogP contribution < -0.4 is 11.3 Å². The third-order valence-electron chi connectivity index (χ3n) is 3.49. The van der Waals surface area contributed by atoms with E-state index < -0.39 is 0 Å². The molecule has 0 amide bonds. The van der Waals surface area contributed by atoms with Crippen molar-refractivity contribution in [3.63, 3.8) is 0 Å². The molecule has 0 saturated heterocycles. The molecule has 1 atom stereocenters. The smallest absolute Gasteiger partial charge is 0.0720 e. The van der Waals surface area contributed by atoms with Gasteiger partial charge in [0.15, 0.2) is 0 Å². The van der Waals surface area contributed by atoms with E-state index in [0.29, 0.717) is 0 Å². The van der Waals surface area contributed by atoms with Gasteiger partial charge in [-0.2, -0.15) is 0 Å². The monoisotopic (exact) mass is 380 g/mol. The summed E-state index contributed by atoms with van der Waals surface area (Å²) in [6.45, 7) is 6.67. The third kappa shape index (κ3) is 3.40. The molecule has 1 unspecified atom stereocenters. The molecule has 2 rings (SSSR count). The molecule has 0 aromatic heterocycles. The molecule has 0 aliphatic carbocycles. The largest absolute Gasteiger partial charge is 0.271 e. The van der Waals surface area contributed by atoms with Crippen LogP contribution in [-0.2, 0) is 5.41 Å². The number of nitrogens with one attached hydrogen (secondary N) is 1. The molecule has 0 spiro atoms. The Morgan fingerprint density at radius 2 is 1.60 bits per heavy atom. The second-order valence-corrected chi connectivity index (χ2v) is 7.16. The first-order valence-corrected chi connectivity index (χ1v) is 7.82. The molecular weight excluding hydrogens is 359 g/mol. The summed E-state index contributed by atoms with van der Waals surface area (Å²) in [4.78, 5) is 0. The van der Waals surface area contributed by atoms with Gasteiger partial charge in [0.1, 0.15) is 0 Å². The highest BCUT2D eigenvalue weighted by molar-refractivity contribution is 14.1. The van der Waals surface area contributed by atoms with Crippen LogP contribution in [0.1, 0.15) is 43.5 Å². The standard InChI is InChI=1S/C17H21IN2/c1-17(2,3)13-10-8-12(9-11-13)16(20-19)14-6-4-5-7-15(14)18/h4-11,16,20H,19H2,1-3H3. The van der Waals surface area contributed by atoms with Crippen LogP contribution in [0.4, 0.5) is 0 Å². The van der Waals surface area contributed by atoms with E-state index in [1.54, 1.807) is 0 Å². The van der Waals surface area contributed by atoms with Crippen molar-refractivity contribution in [1.82, 2.24) is 5.43 Å². The lowest BCUT2D eigenvalue weighted by atomic mass is 9.86. The van der Waals surface area contributed by atoms with Gasteiger partial charge in [-0.3, -0.25) is 5.84 Å². The summed E-state index contributed by atoms with van der Waals surface area (Å²) >= 11 is 2.35. The van der Waals surface area contributed by atoms with Gasteiger partial charge >= 0.3 is 0 Å². The molecule has 20 heavy (non-hydrogen) atoms. The Labute approximate surface area is 134 Å². The fourth-order valence-corrected chi connectivity index (χ4v) is 2.95. The van der Waals surface area contributed by atoms with Crippen LogP contribution >= 0.6 is 22.6 Å². The second-order valence-electron chi connectivity index (χ2n) is 5.99. The number of hydrogen-bond acceptors (Lipinski definition) is 2. The zero-order valence-corrected chi connectivity index (χ0v) is 14.3. The van der Waals surface area contributed by atoms with Crippen LogP contribution in [0, 0.1) is 3.57 Å². The van der Waals surface area contributed by atoms with Crippen molar-refractivity contribution in [1.29, 1.82) is 0 Å². The molecule has 3 heteroatoms. The quantitative estimate of drug-likeness (QED) is 0.477. The van der Waals surface area contributed by atoms with Crippen LogP contribution in [0.15, 0.2) is 48.5 Å². The molecule has 2 aromatic rings. The summed E-state index contributed by atoms with van der Waals surface area (Å²) < 4.78 is 1.22. The topological polar surface area (TPSA) is 38.0 Å². The highest BCUT2D eigenvalue weighted by atomic mass is 127. The van der Waals surface area contributed by atoms with Gasteiger partial charge in [-0.15, -0.1) is 0 Å². The van der Waals surface area contributed by atoms with E-state index in [1.807, 2.05) is 12.1 Å². The predicted molar refractivity (Wildman–Crippen MR) is 93.5 cm³/mol. The van der Waals surface area contributed by atoms with E-state index in [0.717, 1.165) is 0 Å². The van der Waals surface area contributed by atoms with Gasteiger partial charge in [-0.05, 0) is 50.8 Å². The molecule has 0 aliphatic heterocycles. The van der Waals surface area contributed by atoms with Crippen molar-refractivity contribution in [2.24, 2.45) is 5.84 Å². The fourth-order valence-electron chi connectivity index (χ4n) is 2.25. The van der Waals surface area contributed by atoms with Crippen LogP contribution in [0.2, 0.25) is 0 Å². The number of benzene rings is 2. The van der Waals surface area contributed by atoms with Crippen LogP contribution in [0.5, 0.6) is 0 Å². The molecule has 0 radical (unpaired) electrons. The fraction of sp³-hybridized carbons (Fsp3) is 0.294. The number of halogens is 1. The lowest BCUT2D eigenvalue weighted by Crippen LogP contribution is -2.29. The average Bonchev–Trinajstić information content (AvgIpc) is 2.41. The van der Waals surface area contributed by atoms with Crippen molar-refractivity contribution >= 4 is 22.6 Å². The summed E-state index contributed by atoms with van der Waals surface area (Å²) in [6.07, 6.45) is 0. The number of nitrogens with two attached hydrogens (primary N) is 1. The minimum absolute atomic E-state index is 0.0251. The molecule has 0 saturated carbocycles. The minimum Gasteiger partial charge on any atom is -0.271 e. The number of hydrazine groups is 1. The molecule has 0 fully saturated rings. The zero-order chi connectivity index (χ0) is 14.8. The summed E-state index contributed by atoms with van der Waals surface area (Å²) in [6, 6.07) is 17.0. The maximum Gasteiger partial charge on any atom is 0.0720 e. The second kappa shape index (κ2) is 6.24. The van der Waals surface area contributed by atoms with Crippen molar-refractivity contribution < 1.29 is 0 Å². The predicted octanol–water partition coefficient (Wildman–Crippen LogP) is 4.14. The molecule has 2 nitrogen and oxygen atoms in total. The summed E-state index contributed by atoms with van der Waals surface area (Å²) in [7, 11) is 0. The van der Waals surface area contributed by atoms with Gasteiger partial charge in [-0.1, -0.05) is 63.2 Å². The molecule has 0 heterocycles. The highest BCUT2D eigenvalue weighted by Crippen LogP contribution is 2.28. The summed E-state index contributed by atoms with van der Waals surface area (Å²) in [5.41, 5.74) is 6.83. The van der Waals surface area contributed by atoms with E-state index in [-0.39, 0.29) is 11.5 Å². The lowest BCUT2D eigenvalue weighted by molar-refractivity contribution is 0.588. The van der Waals surface area contributed by atoms with Gasteiger partial charge < -0.3 is 0 Å². The van der Waals surface area contributed by atoms with E-state index in [1.165, 1.54) is 20.3 Å². The Morgan fingerprint density at radius 3 is 2.10 bits per heavy atom. The van der Waals surface area contributed by atoms with Gasteiger partial charge in [0.05, 0.1) is 6.04 Å². The zero-order valence-electron chi connectivity index (χ0n) is 12.2. The minimum atomic E-state index is 0.0251. The van der Waals surface area contributed by atoms with E-state index in [9.17, 15) is 0 Å². The number of rotatable bonds is 3. The van der Waals surface area contributed by atoms with Crippen LogP contribution in [0.25, 0.3) is 0 Å². The molecule has 106 valence electrons. The van der Waals surface area contributed by atoms with E-state index in [2.05, 4.69) is 85.2 Å². The summed E-state index contributed by atoms with van der Waals surface area (Å²) in [5, 5.41) is 0. The first kappa shape index (κ1) is 15.5. The van der Waals surface area contributed by atoms with Crippen LogP contribution in [0.3, 0.4) is 0 Å². The van der Waals surface area contributed by atoms with E-state index >= 15 is 0 Å².